The minimum Gasteiger partial charge on any atom is -0.379 e. The molecule has 0 bridgehead atoms. The van der Waals surface area contributed by atoms with Gasteiger partial charge in [0.15, 0.2) is 0 Å². The van der Waals surface area contributed by atoms with Gasteiger partial charge < -0.3 is 18.9 Å². The third kappa shape index (κ3) is 8.47. The van der Waals surface area contributed by atoms with Gasteiger partial charge in [-0.25, -0.2) is 0 Å². The van der Waals surface area contributed by atoms with Crippen LogP contribution in [0.15, 0.2) is 0 Å². The van der Waals surface area contributed by atoms with Crippen LogP contribution in [0.2, 0.25) is 0 Å². The van der Waals surface area contributed by atoms with Crippen molar-refractivity contribution >= 4 is 0 Å². The molecule has 0 aliphatic carbocycles. The molecule has 4 nitrogen and oxygen atoms in total. The summed E-state index contributed by atoms with van der Waals surface area (Å²) in [6, 6.07) is 0. The molecule has 1 fully saturated rings. The molecule has 22 heavy (non-hydrogen) atoms. The number of unbranched alkanes of at least 4 members (excludes halogenated alkanes) is 3. The Balaban J connectivity index is 2.33. The Morgan fingerprint density at radius 1 is 0.818 bits per heavy atom. The van der Waals surface area contributed by atoms with Crippen LogP contribution in [-0.4, -0.2) is 51.3 Å². The normalized spacial score (nSPS) is 25.5. The Kier molecular flexibility index (Phi) is 12.0. The van der Waals surface area contributed by atoms with Gasteiger partial charge in [-0.2, -0.15) is 0 Å². The van der Waals surface area contributed by atoms with Crippen molar-refractivity contribution in [1.29, 1.82) is 0 Å². The van der Waals surface area contributed by atoms with Crippen LogP contribution in [0, 0.1) is 0 Å². The Morgan fingerprint density at radius 3 is 2.05 bits per heavy atom. The molecular formula is C18H36O4. The van der Waals surface area contributed by atoms with E-state index in [9.17, 15) is 0 Å². The number of ether oxygens (including phenoxy) is 4. The predicted octanol–water partition coefficient (Wildman–Crippen LogP) is 3.96. The Labute approximate surface area is 136 Å². The molecule has 1 aliphatic rings. The molecule has 1 aliphatic heterocycles. The first-order valence-corrected chi connectivity index (χ1v) is 9.24. The molecule has 0 unspecified atom stereocenters. The Bertz CT molecular complexity index is 247. The highest BCUT2D eigenvalue weighted by Gasteiger charge is 2.32. The second-order valence-corrected chi connectivity index (χ2v) is 6.15. The maximum Gasteiger partial charge on any atom is 0.107 e. The first-order chi connectivity index (χ1) is 10.8. The monoisotopic (exact) mass is 316 g/mol. The maximum atomic E-state index is 6.06. The lowest BCUT2D eigenvalue weighted by molar-refractivity contribution is -0.174. The molecule has 1 heterocycles. The zero-order valence-corrected chi connectivity index (χ0v) is 14.9. The van der Waals surface area contributed by atoms with E-state index < -0.39 is 0 Å². The Hall–Kier alpha value is -0.160. The van der Waals surface area contributed by atoms with E-state index in [0.717, 1.165) is 58.3 Å². The number of rotatable bonds is 13. The van der Waals surface area contributed by atoms with Crippen molar-refractivity contribution in [3.05, 3.63) is 0 Å². The average molecular weight is 316 g/mol. The van der Waals surface area contributed by atoms with E-state index in [1.807, 2.05) is 0 Å². The summed E-state index contributed by atoms with van der Waals surface area (Å²) >= 11 is 0. The lowest BCUT2D eigenvalue weighted by atomic mass is 10.0. The van der Waals surface area contributed by atoms with Gasteiger partial charge in [-0.3, -0.25) is 0 Å². The van der Waals surface area contributed by atoms with Crippen LogP contribution in [-0.2, 0) is 18.9 Å². The second-order valence-electron chi connectivity index (χ2n) is 6.15. The average Bonchev–Trinajstić information content (AvgIpc) is 2.54. The minimum absolute atomic E-state index is 0.0790. The molecule has 1 saturated heterocycles. The van der Waals surface area contributed by atoms with E-state index in [4.69, 9.17) is 18.9 Å². The van der Waals surface area contributed by atoms with Gasteiger partial charge in [0.25, 0.3) is 0 Å². The summed E-state index contributed by atoms with van der Waals surface area (Å²) in [7, 11) is 0. The van der Waals surface area contributed by atoms with Crippen LogP contribution in [0.25, 0.3) is 0 Å². The predicted molar refractivity (Wildman–Crippen MR) is 89.4 cm³/mol. The van der Waals surface area contributed by atoms with Crippen molar-refractivity contribution in [1.82, 2.24) is 0 Å². The van der Waals surface area contributed by atoms with Gasteiger partial charge in [0.2, 0.25) is 0 Å². The highest BCUT2D eigenvalue weighted by Crippen LogP contribution is 2.21. The van der Waals surface area contributed by atoms with Crippen LogP contribution in [0.3, 0.4) is 0 Å². The quantitative estimate of drug-likeness (QED) is 0.482. The fourth-order valence-electron chi connectivity index (χ4n) is 2.48. The second kappa shape index (κ2) is 13.3. The molecule has 4 heteroatoms. The molecule has 0 N–H and O–H groups in total. The van der Waals surface area contributed by atoms with Gasteiger partial charge >= 0.3 is 0 Å². The molecule has 0 spiro atoms. The standard InChI is InChI=1S/C18H36O4/c1-4-7-10-19-14-16-13-17(20-11-8-5-2)18(15-22-16)21-12-9-6-3/h16-18H,4-15H2,1-3H3/t16-,17-,18-/m0/s1. The molecular weight excluding hydrogens is 280 g/mol. The largest absolute Gasteiger partial charge is 0.379 e. The summed E-state index contributed by atoms with van der Waals surface area (Å²) in [4.78, 5) is 0. The minimum atomic E-state index is 0.0790. The van der Waals surface area contributed by atoms with E-state index in [-0.39, 0.29) is 18.3 Å². The zero-order valence-electron chi connectivity index (χ0n) is 14.9. The van der Waals surface area contributed by atoms with Crippen molar-refractivity contribution in [3.63, 3.8) is 0 Å². The third-order valence-corrected chi connectivity index (χ3v) is 4.01. The van der Waals surface area contributed by atoms with Crippen molar-refractivity contribution < 1.29 is 18.9 Å². The van der Waals surface area contributed by atoms with Gasteiger partial charge in [0, 0.05) is 26.2 Å². The SMILES string of the molecule is CCCCOC[C@@H]1C[C@H](OCCCC)[C@@H](OCCCC)CO1. The summed E-state index contributed by atoms with van der Waals surface area (Å²) in [6.07, 6.45) is 8.07. The molecule has 0 aromatic carbocycles. The van der Waals surface area contributed by atoms with Crippen LogP contribution in [0.4, 0.5) is 0 Å². The fraction of sp³-hybridized carbons (Fsp3) is 1.00. The molecule has 0 saturated carbocycles. The fourth-order valence-corrected chi connectivity index (χ4v) is 2.48. The van der Waals surface area contributed by atoms with Crippen LogP contribution >= 0.6 is 0 Å². The van der Waals surface area contributed by atoms with Crippen molar-refractivity contribution in [2.24, 2.45) is 0 Å². The third-order valence-electron chi connectivity index (χ3n) is 4.01. The van der Waals surface area contributed by atoms with Crippen molar-refractivity contribution in [2.45, 2.75) is 84.0 Å². The van der Waals surface area contributed by atoms with Gasteiger partial charge in [-0.15, -0.1) is 0 Å². The van der Waals surface area contributed by atoms with E-state index in [2.05, 4.69) is 20.8 Å². The smallest absolute Gasteiger partial charge is 0.107 e. The molecule has 0 aromatic rings. The highest BCUT2D eigenvalue weighted by molar-refractivity contribution is 4.80. The topological polar surface area (TPSA) is 36.9 Å². The van der Waals surface area contributed by atoms with Gasteiger partial charge in [0.05, 0.1) is 25.4 Å². The molecule has 1 rings (SSSR count). The summed E-state index contributed by atoms with van der Waals surface area (Å²) in [5.41, 5.74) is 0. The number of hydrogen-bond donors (Lipinski definition) is 0. The lowest BCUT2D eigenvalue weighted by Gasteiger charge is -2.36. The summed E-state index contributed by atoms with van der Waals surface area (Å²) < 4.78 is 23.6. The summed E-state index contributed by atoms with van der Waals surface area (Å²) in [5, 5.41) is 0. The Morgan fingerprint density at radius 2 is 1.41 bits per heavy atom. The lowest BCUT2D eigenvalue weighted by Crippen LogP contribution is -2.46. The van der Waals surface area contributed by atoms with E-state index in [0.29, 0.717) is 13.2 Å². The van der Waals surface area contributed by atoms with Gasteiger partial charge in [-0.05, 0) is 19.3 Å². The first-order valence-electron chi connectivity index (χ1n) is 9.24. The van der Waals surface area contributed by atoms with Gasteiger partial charge in [0.1, 0.15) is 6.10 Å². The maximum absolute atomic E-state index is 6.06. The molecule has 0 amide bonds. The van der Waals surface area contributed by atoms with Crippen molar-refractivity contribution in [3.8, 4) is 0 Å². The first kappa shape index (κ1) is 19.9. The van der Waals surface area contributed by atoms with Crippen LogP contribution in [0.5, 0.6) is 0 Å². The molecule has 0 aromatic heterocycles. The van der Waals surface area contributed by atoms with E-state index >= 15 is 0 Å². The van der Waals surface area contributed by atoms with Crippen molar-refractivity contribution in [2.75, 3.05) is 33.0 Å². The summed E-state index contributed by atoms with van der Waals surface area (Å²) in [6.45, 7) is 10.3. The molecule has 3 atom stereocenters. The molecule has 132 valence electrons. The zero-order chi connectivity index (χ0) is 16.0. The molecule has 0 radical (unpaired) electrons. The van der Waals surface area contributed by atoms with Crippen LogP contribution in [0.1, 0.15) is 65.7 Å². The number of hydrogen-bond acceptors (Lipinski definition) is 4. The van der Waals surface area contributed by atoms with E-state index in [1.165, 1.54) is 6.42 Å². The highest BCUT2D eigenvalue weighted by atomic mass is 16.6. The van der Waals surface area contributed by atoms with Crippen LogP contribution < -0.4 is 0 Å². The summed E-state index contributed by atoms with van der Waals surface area (Å²) in [5.74, 6) is 0. The van der Waals surface area contributed by atoms with Gasteiger partial charge in [-0.1, -0.05) is 40.0 Å². The van der Waals surface area contributed by atoms with E-state index in [1.54, 1.807) is 0 Å².